The maximum Gasteiger partial charge on any atom is 0.269 e. The largest absolute Gasteiger partial charge is 0.366 e. The number of primary amides is 1. The molecule has 22 heavy (non-hydrogen) atoms. The van der Waals surface area contributed by atoms with Crippen molar-refractivity contribution < 1.29 is 18.1 Å². The number of carbonyl (C=O) groups excluding carboxylic acids is 1. The Kier molecular flexibility index (Phi) is 4.08. The van der Waals surface area contributed by atoms with E-state index in [1.807, 2.05) is 0 Å². The molecule has 0 saturated heterocycles. The van der Waals surface area contributed by atoms with E-state index in [9.17, 15) is 23.3 Å². The van der Waals surface area contributed by atoms with Crippen LogP contribution in [0.5, 0.6) is 0 Å². The Bertz CT molecular complexity index is 831. The van der Waals surface area contributed by atoms with Crippen LogP contribution >= 0.6 is 0 Å². The molecule has 0 spiro atoms. The maximum atomic E-state index is 12.2. The van der Waals surface area contributed by atoms with Gasteiger partial charge in [-0.15, -0.1) is 0 Å². The Labute approximate surface area is 125 Å². The summed E-state index contributed by atoms with van der Waals surface area (Å²) in [5.74, 6) is -0.684. The van der Waals surface area contributed by atoms with E-state index in [0.717, 1.165) is 24.3 Å². The Morgan fingerprint density at radius 2 is 1.77 bits per heavy atom. The molecule has 0 radical (unpaired) electrons. The van der Waals surface area contributed by atoms with Crippen LogP contribution in [0.25, 0.3) is 0 Å². The number of carbonyl (C=O) groups is 1. The summed E-state index contributed by atoms with van der Waals surface area (Å²) in [4.78, 5) is 20.9. The number of amides is 1. The number of sulfonamides is 1. The third-order valence-electron chi connectivity index (χ3n) is 2.76. The lowest BCUT2D eigenvalue weighted by Gasteiger charge is -2.08. The van der Waals surface area contributed by atoms with E-state index >= 15 is 0 Å². The molecule has 2 aromatic carbocycles. The van der Waals surface area contributed by atoms with E-state index in [1.54, 1.807) is 0 Å². The maximum absolute atomic E-state index is 12.2. The van der Waals surface area contributed by atoms with Gasteiger partial charge >= 0.3 is 0 Å². The molecule has 9 heteroatoms. The highest BCUT2D eigenvalue weighted by Gasteiger charge is 2.16. The van der Waals surface area contributed by atoms with Crippen LogP contribution in [0.15, 0.2) is 53.4 Å². The third-order valence-corrected chi connectivity index (χ3v) is 4.15. The molecular weight excluding hydrogens is 310 g/mol. The van der Waals surface area contributed by atoms with Gasteiger partial charge in [0.15, 0.2) is 0 Å². The van der Waals surface area contributed by atoms with Gasteiger partial charge in [0.25, 0.3) is 15.7 Å². The second kappa shape index (κ2) is 5.82. The number of nitro groups is 1. The number of non-ortho nitro benzene ring substituents is 1. The molecule has 0 saturated carbocycles. The fourth-order valence-corrected chi connectivity index (χ4v) is 2.75. The van der Waals surface area contributed by atoms with Crippen molar-refractivity contribution in [2.75, 3.05) is 4.72 Å². The van der Waals surface area contributed by atoms with Crippen molar-refractivity contribution in [3.8, 4) is 0 Å². The van der Waals surface area contributed by atoms with Gasteiger partial charge in [0, 0.05) is 23.4 Å². The van der Waals surface area contributed by atoms with Crippen molar-refractivity contribution in [1.29, 1.82) is 0 Å². The number of nitro benzene ring substituents is 1. The van der Waals surface area contributed by atoms with Crippen LogP contribution in [0.1, 0.15) is 10.4 Å². The Morgan fingerprint density at radius 3 is 2.32 bits per heavy atom. The zero-order valence-electron chi connectivity index (χ0n) is 11.1. The van der Waals surface area contributed by atoms with E-state index in [2.05, 4.69) is 4.72 Å². The van der Waals surface area contributed by atoms with E-state index in [-0.39, 0.29) is 21.8 Å². The van der Waals surface area contributed by atoms with Crippen LogP contribution in [-0.4, -0.2) is 19.2 Å². The van der Waals surface area contributed by atoms with Crippen molar-refractivity contribution in [3.63, 3.8) is 0 Å². The fourth-order valence-electron chi connectivity index (χ4n) is 1.70. The van der Waals surface area contributed by atoms with E-state index < -0.39 is 20.9 Å². The average Bonchev–Trinajstić information content (AvgIpc) is 2.47. The molecule has 0 fully saturated rings. The van der Waals surface area contributed by atoms with Crippen LogP contribution in [-0.2, 0) is 10.0 Å². The minimum atomic E-state index is -3.92. The molecule has 114 valence electrons. The number of nitrogens with two attached hydrogens (primary N) is 1. The number of benzene rings is 2. The number of nitrogens with one attached hydrogen (secondary N) is 1. The minimum Gasteiger partial charge on any atom is -0.366 e. The van der Waals surface area contributed by atoms with Gasteiger partial charge in [0.2, 0.25) is 5.91 Å². The summed E-state index contributed by atoms with van der Waals surface area (Å²) < 4.78 is 26.6. The van der Waals surface area contributed by atoms with Gasteiger partial charge < -0.3 is 5.73 Å². The Hall–Kier alpha value is -2.94. The topological polar surface area (TPSA) is 132 Å². The van der Waals surface area contributed by atoms with Crippen molar-refractivity contribution in [1.82, 2.24) is 0 Å². The molecule has 0 aliphatic rings. The first-order valence-corrected chi connectivity index (χ1v) is 7.45. The Balaban J connectivity index is 2.29. The summed E-state index contributed by atoms with van der Waals surface area (Å²) in [6.45, 7) is 0. The molecule has 3 N–H and O–H groups in total. The van der Waals surface area contributed by atoms with Gasteiger partial charge in [-0.3, -0.25) is 19.6 Å². The van der Waals surface area contributed by atoms with Crippen LogP contribution in [0.3, 0.4) is 0 Å². The first kappa shape index (κ1) is 15.4. The summed E-state index contributed by atoms with van der Waals surface area (Å²) in [7, 11) is -3.92. The quantitative estimate of drug-likeness (QED) is 0.636. The third kappa shape index (κ3) is 3.38. The molecular formula is C13H11N3O5S. The molecule has 0 bridgehead atoms. The summed E-state index contributed by atoms with van der Waals surface area (Å²) >= 11 is 0. The first-order valence-electron chi connectivity index (χ1n) is 5.97. The van der Waals surface area contributed by atoms with Gasteiger partial charge in [0.05, 0.1) is 9.82 Å². The number of anilines is 1. The summed E-state index contributed by atoms with van der Waals surface area (Å²) in [6.07, 6.45) is 0. The van der Waals surface area contributed by atoms with E-state index in [4.69, 9.17) is 5.73 Å². The van der Waals surface area contributed by atoms with E-state index in [1.165, 1.54) is 24.3 Å². The SMILES string of the molecule is NC(=O)c1cccc(NS(=O)(=O)c2ccc([N+](=O)[O-])cc2)c1. The van der Waals surface area contributed by atoms with Crippen molar-refractivity contribution >= 4 is 27.3 Å². The number of hydrogen-bond acceptors (Lipinski definition) is 5. The zero-order valence-corrected chi connectivity index (χ0v) is 11.9. The highest BCUT2D eigenvalue weighted by Crippen LogP contribution is 2.19. The molecule has 0 aliphatic carbocycles. The molecule has 0 aromatic heterocycles. The normalized spacial score (nSPS) is 10.9. The standard InChI is InChI=1S/C13H11N3O5S/c14-13(17)9-2-1-3-10(8-9)15-22(20,21)12-6-4-11(5-7-12)16(18)19/h1-8,15H,(H2,14,17). The van der Waals surface area contributed by atoms with Gasteiger partial charge in [0.1, 0.15) is 0 Å². The molecule has 0 atom stereocenters. The van der Waals surface area contributed by atoms with Gasteiger partial charge in [-0.05, 0) is 30.3 Å². The summed E-state index contributed by atoms with van der Waals surface area (Å²) in [6, 6.07) is 10.1. The van der Waals surface area contributed by atoms with Crippen LogP contribution in [0, 0.1) is 10.1 Å². The molecule has 2 aromatic rings. The minimum absolute atomic E-state index is 0.137. The molecule has 0 unspecified atom stereocenters. The summed E-state index contributed by atoms with van der Waals surface area (Å²) in [5, 5.41) is 10.6. The number of hydrogen-bond donors (Lipinski definition) is 2. The highest BCUT2D eigenvalue weighted by molar-refractivity contribution is 7.92. The van der Waals surface area contributed by atoms with Crippen LogP contribution in [0.2, 0.25) is 0 Å². The highest BCUT2D eigenvalue weighted by atomic mass is 32.2. The molecule has 8 nitrogen and oxygen atoms in total. The smallest absolute Gasteiger partial charge is 0.269 e. The molecule has 2 rings (SSSR count). The Morgan fingerprint density at radius 1 is 1.14 bits per heavy atom. The predicted molar refractivity (Wildman–Crippen MR) is 78.9 cm³/mol. The van der Waals surface area contributed by atoms with Gasteiger partial charge in [-0.1, -0.05) is 6.07 Å². The van der Waals surface area contributed by atoms with Gasteiger partial charge in [-0.25, -0.2) is 8.42 Å². The fraction of sp³-hybridized carbons (Fsp3) is 0. The van der Waals surface area contributed by atoms with Crippen LogP contribution < -0.4 is 10.5 Å². The van der Waals surface area contributed by atoms with Crippen LogP contribution in [0.4, 0.5) is 11.4 Å². The van der Waals surface area contributed by atoms with Crippen molar-refractivity contribution in [2.45, 2.75) is 4.90 Å². The average molecular weight is 321 g/mol. The second-order valence-electron chi connectivity index (χ2n) is 4.30. The monoisotopic (exact) mass is 321 g/mol. The second-order valence-corrected chi connectivity index (χ2v) is 5.98. The van der Waals surface area contributed by atoms with Gasteiger partial charge in [-0.2, -0.15) is 0 Å². The van der Waals surface area contributed by atoms with Crippen molar-refractivity contribution in [2.24, 2.45) is 5.73 Å². The zero-order chi connectivity index (χ0) is 16.3. The number of rotatable bonds is 5. The lowest BCUT2D eigenvalue weighted by atomic mass is 10.2. The lowest BCUT2D eigenvalue weighted by Crippen LogP contribution is -2.15. The van der Waals surface area contributed by atoms with E-state index in [0.29, 0.717) is 0 Å². The molecule has 1 amide bonds. The first-order chi connectivity index (χ1) is 10.3. The summed E-state index contributed by atoms with van der Waals surface area (Å²) in [5.41, 5.74) is 5.23. The predicted octanol–water partition coefficient (Wildman–Crippen LogP) is 1.49. The lowest BCUT2D eigenvalue weighted by molar-refractivity contribution is -0.384. The molecule has 0 heterocycles. The number of nitrogens with zero attached hydrogens (tertiary/aromatic N) is 1. The molecule has 0 aliphatic heterocycles. The van der Waals surface area contributed by atoms with Crippen molar-refractivity contribution in [3.05, 3.63) is 64.2 Å².